The Hall–Kier alpha value is -0.610. The van der Waals surface area contributed by atoms with E-state index in [9.17, 15) is 4.79 Å². The van der Waals surface area contributed by atoms with Crippen molar-refractivity contribution in [2.75, 3.05) is 0 Å². The van der Waals surface area contributed by atoms with Crippen molar-refractivity contribution in [2.24, 2.45) is 0 Å². The topological polar surface area (TPSA) is 34.9 Å². The van der Waals surface area contributed by atoms with Gasteiger partial charge >= 0.3 is 4.87 Å². The average Bonchev–Trinajstić information content (AvgIpc) is 2.09. The van der Waals surface area contributed by atoms with Crippen LogP contribution in [-0.4, -0.2) is 9.78 Å². The van der Waals surface area contributed by atoms with E-state index >= 15 is 0 Å². The monoisotopic (exact) mass is 190 g/mol. The van der Waals surface area contributed by atoms with Crippen molar-refractivity contribution in [3.8, 4) is 0 Å². The highest BCUT2D eigenvalue weighted by Gasteiger charge is 2.02. The number of halogens is 1. The molecular weight excluding hydrogens is 184 g/mol. The molecule has 0 bridgehead atoms. The predicted molar refractivity (Wildman–Crippen MR) is 46.2 cm³/mol. The van der Waals surface area contributed by atoms with E-state index in [-0.39, 0.29) is 9.34 Å². The predicted octanol–water partition coefficient (Wildman–Crippen LogP) is 1.53. The minimum atomic E-state index is -0.141. The standard InChI is InChI=1S/C6H7ClN2OS/c1-4(2)3-9-6(10)11-5(7)8-9/h1,3H2,2H3. The average molecular weight is 191 g/mol. The van der Waals surface area contributed by atoms with Gasteiger partial charge in [0.1, 0.15) is 0 Å². The van der Waals surface area contributed by atoms with Gasteiger partial charge in [0, 0.05) is 0 Å². The van der Waals surface area contributed by atoms with Crippen molar-refractivity contribution in [3.63, 3.8) is 0 Å². The van der Waals surface area contributed by atoms with Crippen LogP contribution in [0.3, 0.4) is 0 Å². The van der Waals surface area contributed by atoms with Gasteiger partial charge in [-0.2, -0.15) is 0 Å². The fraction of sp³-hybridized carbons (Fsp3) is 0.333. The molecule has 11 heavy (non-hydrogen) atoms. The van der Waals surface area contributed by atoms with Gasteiger partial charge in [-0.1, -0.05) is 12.2 Å². The molecule has 1 rings (SSSR count). The van der Waals surface area contributed by atoms with E-state index in [2.05, 4.69) is 11.7 Å². The van der Waals surface area contributed by atoms with E-state index in [0.29, 0.717) is 6.54 Å². The molecule has 5 heteroatoms. The zero-order chi connectivity index (χ0) is 8.43. The lowest BCUT2D eigenvalue weighted by atomic mass is 10.4. The van der Waals surface area contributed by atoms with Crippen LogP contribution in [0.2, 0.25) is 4.47 Å². The number of allylic oxidation sites excluding steroid dienone is 1. The first-order valence-electron chi connectivity index (χ1n) is 2.97. The Bertz CT molecular complexity index is 328. The molecule has 1 aromatic rings. The second kappa shape index (κ2) is 3.19. The maximum Gasteiger partial charge on any atom is 0.326 e. The maximum atomic E-state index is 11.0. The van der Waals surface area contributed by atoms with Crippen LogP contribution in [0.4, 0.5) is 0 Å². The fourth-order valence-electron chi connectivity index (χ4n) is 0.636. The van der Waals surface area contributed by atoms with Crippen molar-refractivity contribution in [2.45, 2.75) is 13.5 Å². The van der Waals surface area contributed by atoms with Crippen molar-refractivity contribution >= 4 is 22.9 Å². The molecule has 0 saturated carbocycles. The van der Waals surface area contributed by atoms with Crippen molar-refractivity contribution in [3.05, 3.63) is 26.3 Å². The van der Waals surface area contributed by atoms with Crippen LogP contribution in [0.5, 0.6) is 0 Å². The zero-order valence-corrected chi connectivity index (χ0v) is 7.58. The molecular formula is C6H7ClN2OS. The highest BCUT2D eigenvalue weighted by Crippen LogP contribution is 2.06. The third-order valence-electron chi connectivity index (χ3n) is 1.00. The molecule has 0 spiro atoms. The normalized spacial score (nSPS) is 10.0. The smallest absolute Gasteiger partial charge is 0.255 e. The minimum Gasteiger partial charge on any atom is -0.255 e. The fourth-order valence-corrected chi connectivity index (χ4v) is 1.42. The van der Waals surface area contributed by atoms with Crippen molar-refractivity contribution in [1.82, 2.24) is 9.78 Å². The number of rotatable bonds is 2. The first-order valence-corrected chi connectivity index (χ1v) is 4.17. The van der Waals surface area contributed by atoms with Gasteiger partial charge in [0.15, 0.2) is 0 Å². The molecule has 60 valence electrons. The second-order valence-corrected chi connectivity index (χ2v) is 3.76. The van der Waals surface area contributed by atoms with E-state index in [0.717, 1.165) is 16.9 Å². The summed E-state index contributed by atoms with van der Waals surface area (Å²) in [4.78, 5) is 10.8. The van der Waals surface area contributed by atoms with E-state index < -0.39 is 0 Å². The van der Waals surface area contributed by atoms with Crippen LogP contribution in [0.15, 0.2) is 16.9 Å². The summed E-state index contributed by atoms with van der Waals surface area (Å²) in [5.74, 6) is 0. The third kappa shape index (κ3) is 2.17. The molecule has 0 amide bonds. The van der Waals surface area contributed by atoms with Crippen LogP contribution in [-0.2, 0) is 6.54 Å². The Morgan fingerprint density at radius 3 is 2.91 bits per heavy atom. The van der Waals surface area contributed by atoms with Gasteiger partial charge in [0.05, 0.1) is 6.54 Å². The maximum absolute atomic E-state index is 11.0. The molecule has 0 unspecified atom stereocenters. The molecule has 0 fully saturated rings. The summed E-state index contributed by atoms with van der Waals surface area (Å²) in [5.41, 5.74) is 0.883. The largest absolute Gasteiger partial charge is 0.326 e. The summed E-state index contributed by atoms with van der Waals surface area (Å²) < 4.78 is 1.58. The molecule has 0 saturated heterocycles. The van der Waals surface area contributed by atoms with Gasteiger partial charge in [-0.3, -0.25) is 4.79 Å². The molecule has 0 aliphatic carbocycles. The van der Waals surface area contributed by atoms with Crippen LogP contribution in [0.1, 0.15) is 6.92 Å². The summed E-state index contributed by atoms with van der Waals surface area (Å²) in [5, 5.41) is 3.78. The molecule has 0 radical (unpaired) electrons. The number of nitrogens with zero attached hydrogens (tertiary/aromatic N) is 2. The lowest BCUT2D eigenvalue weighted by Gasteiger charge is -1.95. The first kappa shape index (κ1) is 8.49. The zero-order valence-electron chi connectivity index (χ0n) is 6.00. The Labute approximate surface area is 72.9 Å². The van der Waals surface area contributed by atoms with Crippen molar-refractivity contribution in [1.29, 1.82) is 0 Å². The summed E-state index contributed by atoms with van der Waals surface area (Å²) in [6.45, 7) is 5.94. The summed E-state index contributed by atoms with van der Waals surface area (Å²) in [6.07, 6.45) is 0. The third-order valence-corrected chi connectivity index (χ3v) is 1.94. The van der Waals surface area contributed by atoms with Crippen LogP contribution < -0.4 is 4.87 Å². The van der Waals surface area contributed by atoms with Crippen LogP contribution in [0.25, 0.3) is 0 Å². The highest BCUT2D eigenvalue weighted by molar-refractivity contribution is 7.13. The molecule has 1 aromatic heterocycles. The molecule has 1 heterocycles. The van der Waals surface area contributed by atoms with E-state index in [1.165, 1.54) is 4.68 Å². The minimum absolute atomic E-state index is 0.141. The number of aromatic nitrogens is 2. The lowest BCUT2D eigenvalue weighted by molar-refractivity contribution is 0.659. The molecule has 0 aromatic carbocycles. The number of hydrogen-bond donors (Lipinski definition) is 0. The SMILES string of the molecule is C=C(C)Cn1nc(Cl)sc1=O. The highest BCUT2D eigenvalue weighted by atomic mass is 35.5. The Balaban J connectivity index is 2.95. The Morgan fingerprint density at radius 1 is 1.91 bits per heavy atom. The molecule has 3 nitrogen and oxygen atoms in total. The van der Waals surface area contributed by atoms with Gasteiger partial charge < -0.3 is 0 Å². The second-order valence-electron chi connectivity index (χ2n) is 2.24. The van der Waals surface area contributed by atoms with E-state index in [1.54, 1.807) is 0 Å². The lowest BCUT2D eigenvalue weighted by Crippen LogP contribution is -2.14. The molecule has 0 aliphatic heterocycles. The van der Waals surface area contributed by atoms with E-state index in [1.807, 2.05) is 6.92 Å². The van der Waals surface area contributed by atoms with Gasteiger partial charge in [-0.15, -0.1) is 5.10 Å². The van der Waals surface area contributed by atoms with Gasteiger partial charge in [0.2, 0.25) is 4.47 Å². The van der Waals surface area contributed by atoms with E-state index in [4.69, 9.17) is 11.6 Å². The molecule has 0 atom stereocenters. The summed E-state index contributed by atoms with van der Waals surface area (Å²) in [7, 11) is 0. The summed E-state index contributed by atoms with van der Waals surface area (Å²) in [6, 6.07) is 0. The van der Waals surface area contributed by atoms with Gasteiger partial charge in [-0.05, 0) is 29.9 Å². The van der Waals surface area contributed by atoms with Crippen molar-refractivity contribution < 1.29 is 0 Å². The van der Waals surface area contributed by atoms with Crippen LogP contribution >= 0.6 is 22.9 Å². The summed E-state index contributed by atoms with van der Waals surface area (Å²) >= 11 is 6.44. The number of hydrogen-bond acceptors (Lipinski definition) is 3. The first-order chi connectivity index (χ1) is 5.09. The Kier molecular flexibility index (Phi) is 2.46. The van der Waals surface area contributed by atoms with Crippen LogP contribution in [0, 0.1) is 0 Å². The molecule has 0 N–H and O–H groups in total. The Morgan fingerprint density at radius 2 is 2.55 bits per heavy atom. The molecule has 0 aliphatic rings. The van der Waals surface area contributed by atoms with Gasteiger partial charge in [0.25, 0.3) is 0 Å². The van der Waals surface area contributed by atoms with Gasteiger partial charge in [-0.25, -0.2) is 4.68 Å². The quantitative estimate of drug-likeness (QED) is 0.663.